The summed E-state index contributed by atoms with van der Waals surface area (Å²) in [5.41, 5.74) is 1.91. The van der Waals surface area contributed by atoms with Gasteiger partial charge < -0.3 is 0 Å². The molecule has 0 rings (SSSR count). The Kier molecular flexibility index (Phi) is 5.83. The van der Waals surface area contributed by atoms with Gasteiger partial charge in [0, 0.05) is 0 Å². The van der Waals surface area contributed by atoms with E-state index in [1.165, 1.54) is 12.8 Å². The van der Waals surface area contributed by atoms with Crippen molar-refractivity contribution < 1.29 is 0 Å². The minimum atomic E-state index is 0.325. The van der Waals surface area contributed by atoms with Crippen LogP contribution in [0.15, 0.2) is 23.8 Å². The van der Waals surface area contributed by atoms with Gasteiger partial charge in [-0.3, -0.25) is 0 Å². The normalized spacial score (nSPS) is 16.3. The SMILES string of the molecule is CC=CC(C)C=C(CCC)C(C)(C)C. The first-order valence-electron chi connectivity index (χ1n) is 5.75. The van der Waals surface area contributed by atoms with Crippen LogP contribution in [0, 0.1) is 11.3 Å². The van der Waals surface area contributed by atoms with Gasteiger partial charge in [0.2, 0.25) is 0 Å². The maximum atomic E-state index is 2.42. The van der Waals surface area contributed by atoms with Gasteiger partial charge in [-0.05, 0) is 24.7 Å². The standard InChI is InChI=1S/C14H26/c1-7-9-12(3)11-13(10-8-2)14(4,5)6/h7,9,11-12H,8,10H2,1-6H3. The van der Waals surface area contributed by atoms with Crippen molar-refractivity contribution in [3.8, 4) is 0 Å². The number of hydrogen-bond acceptors (Lipinski definition) is 0. The number of allylic oxidation sites excluding steroid dienone is 4. The van der Waals surface area contributed by atoms with E-state index in [4.69, 9.17) is 0 Å². The van der Waals surface area contributed by atoms with Crippen LogP contribution in [0.4, 0.5) is 0 Å². The molecule has 14 heavy (non-hydrogen) atoms. The molecule has 0 aromatic heterocycles. The summed E-state index contributed by atoms with van der Waals surface area (Å²) < 4.78 is 0. The predicted molar refractivity (Wildman–Crippen MR) is 66.4 cm³/mol. The molecule has 0 heterocycles. The molecule has 0 aliphatic heterocycles. The van der Waals surface area contributed by atoms with Crippen molar-refractivity contribution in [2.45, 2.75) is 54.4 Å². The second kappa shape index (κ2) is 6.06. The molecule has 0 fully saturated rings. The van der Waals surface area contributed by atoms with Crippen LogP contribution < -0.4 is 0 Å². The third-order valence-electron chi connectivity index (χ3n) is 2.44. The topological polar surface area (TPSA) is 0 Å². The fraction of sp³-hybridized carbons (Fsp3) is 0.714. The average Bonchev–Trinajstić information content (AvgIpc) is 2.02. The molecule has 0 amide bonds. The lowest BCUT2D eigenvalue weighted by Crippen LogP contribution is -2.10. The van der Waals surface area contributed by atoms with Crippen LogP contribution >= 0.6 is 0 Å². The lowest BCUT2D eigenvalue weighted by molar-refractivity contribution is 0.475. The zero-order chi connectivity index (χ0) is 11.2. The largest absolute Gasteiger partial charge is 0.0911 e. The number of hydrogen-bond donors (Lipinski definition) is 0. The van der Waals surface area contributed by atoms with Crippen LogP contribution in [0.1, 0.15) is 54.4 Å². The Bertz CT molecular complexity index is 201. The minimum Gasteiger partial charge on any atom is -0.0911 e. The Morgan fingerprint density at radius 3 is 2.21 bits per heavy atom. The van der Waals surface area contributed by atoms with Crippen molar-refractivity contribution in [3.05, 3.63) is 23.8 Å². The van der Waals surface area contributed by atoms with E-state index in [0.29, 0.717) is 11.3 Å². The highest BCUT2D eigenvalue weighted by molar-refractivity contribution is 5.14. The first-order valence-corrected chi connectivity index (χ1v) is 5.75. The Morgan fingerprint density at radius 1 is 1.29 bits per heavy atom. The maximum Gasteiger partial charge on any atom is -0.00791 e. The minimum absolute atomic E-state index is 0.325. The quantitative estimate of drug-likeness (QED) is 0.554. The van der Waals surface area contributed by atoms with E-state index in [-0.39, 0.29) is 0 Å². The molecule has 0 N–H and O–H groups in total. The first kappa shape index (κ1) is 13.5. The van der Waals surface area contributed by atoms with Crippen molar-refractivity contribution >= 4 is 0 Å². The van der Waals surface area contributed by atoms with Gasteiger partial charge in [-0.15, -0.1) is 0 Å². The van der Waals surface area contributed by atoms with Crippen molar-refractivity contribution in [3.63, 3.8) is 0 Å². The summed E-state index contributed by atoms with van der Waals surface area (Å²) in [7, 11) is 0. The molecule has 82 valence electrons. The zero-order valence-corrected chi connectivity index (χ0v) is 10.7. The van der Waals surface area contributed by atoms with Crippen molar-refractivity contribution in [2.24, 2.45) is 11.3 Å². The third kappa shape index (κ3) is 5.26. The van der Waals surface area contributed by atoms with Gasteiger partial charge in [0.25, 0.3) is 0 Å². The Labute approximate surface area is 90.1 Å². The smallest absolute Gasteiger partial charge is 0.00791 e. The molecule has 0 spiro atoms. The molecule has 0 aliphatic carbocycles. The summed E-state index contributed by atoms with van der Waals surface area (Å²) in [4.78, 5) is 0. The van der Waals surface area contributed by atoms with Gasteiger partial charge in [-0.25, -0.2) is 0 Å². The fourth-order valence-electron chi connectivity index (χ4n) is 1.65. The Balaban J connectivity index is 4.63. The van der Waals surface area contributed by atoms with Gasteiger partial charge in [-0.1, -0.05) is 64.8 Å². The highest BCUT2D eigenvalue weighted by Crippen LogP contribution is 2.30. The molecule has 1 unspecified atom stereocenters. The second-order valence-electron chi connectivity index (χ2n) is 5.08. The lowest BCUT2D eigenvalue weighted by Gasteiger charge is -2.24. The van der Waals surface area contributed by atoms with Crippen molar-refractivity contribution in [2.75, 3.05) is 0 Å². The third-order valence-corrected chi connectivity index (χ3v) is 2.44. The van der Waals surface area contributed by atoms with Crippen LogP contribution in [0.5, 0.6) is 0 Å². The van der Waals surface area contributed by atoms with Crippen LogP contribution in [-0.4, -0.2) is 0 Å². The Morgan fingerprint density at radius 2 is 1.86 bits per heavy atom. The lowest BCUT2D eigenvalue weighted by atomic mass is 9.82. The summed E-state index contributed by atoms with van der Waals surface area (Å²) >= 11 is 0. The zero-order valence-electron chi connectivity index (χ0n) is 10.7. The molecule has 0 aromatic rings. The molecule has 0 radical (unpaired) electrons. The molecular weight excluding hydrogens is 168 g/mol. The monoisotopic (exact) mass is 194 g/mol. The second-order valence-corrected chi connectivity index (χ2v) is 5.08. The molecule has 0 saturated carbocycles. The fourth-order valence-corrected chi connectivity index (χ4v) is 1.65. The van der Waals surface area contributed by atoms with E-state index in [1.807, 2.05) is 0 Å². The van der Waals surface area contributed by atoms with E-state index in [9.17, 15) is 0 Å². The predicted octanol–water partition coefficient (Wildman–Crippen LogP) is 4.97. The molecule has 0 bridgehead atoms. The summed E-state index contributed by atoms with van der Waals surface area (Å²) in [6.07, 6.45) is 9.27. The molecule has 0 heteroatoms. The molecule has 0 aliphatic rings. The molecule has 0 saturated heterocycles. The molecule has 1 atom stereocenters. The molecule has 0 aromatic carbocycles. The van der Waals surface area contributed by atoms with Crippen molar-refractivity contribution in [1.29, 1.82) is 0 Å². The maximum absolute atomic E-state index is 2.42. The summed E-state index contributed by atoms with van der Waals surface area (Å²) in [5.74, 6) is 0.570. The highest BCUT2D eigenvalue weighted by atomic mass is 14.2. The van der Waals surface area contributed by atoms with Gasteiger partial charge in [0.1, 0.15) is 0 Å². The van der Waals surface area contributed by atoms with Gasteiger partial charge in [0.15, 0.2) is 0 Å². The Hall–Kier alpha value is -0.520. The van der Waals surface area contributed by atoms with Crippen LogP contribution in [-0.2, 0) is 0 Å². The van der Waals surface area contributed by atoms with E-state index >= 15 is 0 Å². The van der Waals surface area contributed by atoms with Gasteiger partial charge >= 0.3 is 0 Å². The van der Waals surface area contributed by atoms with Gasteiger partial charge in [0.05, 0.1) is 0 Å². The van der Waals surface area contributed by atoms with Gasteiger partial charge in [-0.2, -0.15) is 0 Å². The molecule has 0 nitrogen and oxygen atoms in total. The van der Waals surface area contributed by atoms with Crippen LogP contribution in [0.2, 0.25) is 0 Å². The van der Waals surface area contributed by atoms with E-state index in [1.54, 1.807) is 5.57 Å². The number of rotatable bonds is 4. The van der Waals surface area contributed by atoms with Crippen LogP contribution in [0.25, 0.3) is 0 Å². The first-order chi connectivity index (χ1) is 6.41. The van der Waals surface area contributed by atoms with Crippen LogP contribution in [0.3, 0.4) is 0 Å². The summed E-state index contributed by atoms with van der Waals surface area (Å²) in [6.45, 7) is 13.5. The highest BCUT2D eigenvalue weighted by Gasteiger charge is 2.16. The van der Waals surface area contributed by atoms with E-state index in [2.05, 4.69) is 59.8 Å². The van der Waals surface area contributed by atoms with E-state index in [0.717, 1.165) is 0 Å². The molecular formula is C14H26. The summed E-state index contributed by atoms with van der Waals surface area (Å²) in [6, 6.07) is 0. The summed E-state index contributed by atoms with van der Waals surface area (Å²) in [5, 5.41) is 0. The average molecular weight is 194 g/mol. The van der Waals surface area contributed by atoms with E-state index < -0.39 is 0 Å². The van der Waals surface area contributed by atoms with Crippen molar-refractivity contribution in [1.82, 2.24) is 0 Å².